The van der Waals surface area contributed by atoms with E-state index in [4.69, 9.17) is 9.47 Å². The lowest BCUT2D eigenvalue weighted by molar-refractivity contribution is -0.0463. The lowest BCUT2D eigenvalue weighted by Crippen LogP contribution is -2.52. The maximum atomic E-state index is 12.6. The van der Waals surface area contributed by atoms with Crippen molar-refractivity contribution >= 4 is 6.09 Å². The SMILES string of the molecule is C=C[C@H]1CN(Cc2ccccc2)C[C@H]1/C=C\OC(=O)N1C(C)(C)COC1(C)C. The number of likely N-dealkylation sites (tertiary alicyclic amines) is 1. The van der Waals surface area contributed by atoms with Crippen molar-refractivity contribution in [3.8, 4) is 0 Å². The molecular weight excluding hydrogens is 352 g/mol. The van der Waals surface area contributed by atoms with Crippen LogP contribution < -0.4 is 0 Å². The topological polar surface area (TPSA) is 42.0 Å². The minimum atomic E-state index is -0.669. The molecule has 2 fully saturated rings. The lowest BCUT2D eigenvalue weighted by atomic mass is 9.96. The van der Waals surface area contributed by atoms with Crippen molar-refractivity contribution in [1.82, 2.24) is 9.80 Å². The first kappa shape index (κ1) is 20.6. The fourth-order valence-corrected chi connectivity index (χ4v) is 4.29. The van der Waals surface area contributed by atoms with Crippen LogP contribution in [0.4, 0.5) is 4.79 Å². The number of benzene rings is 1. The Morgan fingerprint density at radius 2 is 1.89 bits per heavy atom. The van der Waals surface area contributed by atoms with Crippen LogP contribution in [0.1, 0.15) is 33.3 Å². The lowest BCUT2D eigenvalue weighted by Gasteiger charge is -2.36. The molecule has 2 saturated heterocycles. The molecule has 1 aromatic carbocycles. The normalized spacial score (nSPS) is 26.6. The number of hydrogen-bond acceptors (Lipinski definition) is 4. The highest BCUT2D eigenvalue weighted by Crippen LogP contribution is 2.35. The summed E-state index contributed by atoms with van der Waals surface area (Å²) in [5, 5.41) is 0. The van der Waals surface area contributed by atoms with E-state index in [1.807, 2.05) is 45.9 Å². The Labute approximate surface area is 168 Å². The predicted octanol–water partition coefficient (Wildman–Crippen LogP) is 4.42. The molecule has 28 heavy (non-hydrogen) atoms. The number of rotatable bonds is 5. The first-order valence-corrected chi connectivity index (χ1v) is 9.93. The first-order valence-electron chi connectivity index (χ1n) is 9.93. The molecule has 2 heterocycles. The largest absolute Gasteiger partial charge is 0.418 e. The summed E-state index contributed by atoms with van der Waals surface area (Å²) in [6.45, 7) is 15.0. The molecule has 152 valence electrons. The van der Waals surface area contributed by atoms with Gasteiger partial charge in [-0.05, 0) is 45.3 Å². The number of ether oxygens (including phenoxy) is 2. The molecule has 0 unspecified atom stereocenters. The summed E-state index contributed by atoms with van der Waals surface area (Å²) in [5.41, 5.74) is 0.246. The third-order valence-corrected chi connectivity index (χ3v) is 5.64. The van der Waals surface area contributed by atoms with E-state index in [2.05, 4.69) is 35.7 Å². The smallest absolute Gasteiger partial charge is 0.417 e. The highest BCUT2D eigenvalue weighted by molar-refractivity contribution is 5.70. The highest BCUT2D eigenvalue weighted by Gasteiger charge is 2.49. The summed E-state index contributed by atoms with van der Waals surface area (Å²) < 4.78 is 11.2. The highest BCUT2D eigenvalue weighted by atomic mass is 16.6. The second-order valence-corrected chi connectivity index (χ2v) is 8.84. The summed E-state index contributed by atoms with van der Waals surface area (Å²) in [6, 6.07) is 10.5. The van der Waals surface area contributed by atoms with Crippen molar-refractivity contribution < 1.29 is 14.3 Å². The minimum absolute atomic E-state index is 0.282. The third-order valence-electron chi connectivity index (χ3n) is 5.64. The van der Waals surface area contributed by atoms with Crippen LogP contribution in [-0.4, -0.2) is 46.9 Å². The number of hydrogen-bond donors (Lipinski definition) is 0. The molecule has 0 N–H and O–H groups in total. The zero-order valence-corrected chi connectivity index (χ0v) is 17.4. The van der Waals surface area contributed by atoms with Gasteiger partial charge in [0.1, 0.15) is 5.72 Å². The van der Waals surface area contributed by atoms with Gasteiger partial charge >= 0.3 is 6.09 Å². The monoisotopic (exact) mass is 384 g/mol. The Balaban J connectivity index is 1.58. The minimum Gasteiger partial charge on any atom is -0.418 e. The van der Waals surface area contributed by atoms with Crippen molar-refractivity contribution in [2.45, 2.75) is 45.5 Å². The van der Waals surface area contributed by atoms with Gasteiger partial charge in [0.05, 0.1) is 18.4 Å². The average Bonchev–Trinajstić information content (AvgIpc) is 3.12. The van der Waals surface area contributed by atoms with E-state index < -0.39 is 11.3 Å². The molecule has 0 radical (unpaired) electrons. The zero-order chi connectivity index (χ0) is 20.4. The molecule has 0 aromatic heterocycles. The van der Waals surface area contributed by atoms with Crippen LogP contribution in [0.25, 0.3) is 0 Å². The standard InChI is InChI=1S/C23H32N2O3/c1-6-19-15-24(14-18-10-8-7-9-11-18)16-20(19)12-13-27-21(26)25-22(2,3)17-28-23(25,4)5/h6-13,19-20H,1,14-17H2,2-5H3/b13-12-/t19-,20+/m0/s1. The number of carbonyl (C=O) groups excluding carboxylic acids is 1. The maximum Gasteiger partial charge on any atom is 0.417 e. The van der Waals surface area contributed by atoms with Gasteiger partial charge < -0.3 is 9.47 Å². The second-order valence-electron chi connectivity index (χ2n) is 8.84. The molecule has 0 saturated carbocycles. The molecule has 5 heteroatoms. The summed E-state index contributed by atoms with van der Waals surface area (Å²) in [6.07, 6.45) is 5.16. The van der Waals surface area contributed by atoms with Gasteiger partial charge in [-0.3, -0.25) is 9.80 Å². The van der Waals surface area contributed by atoms with Crippen molar-refractivity contribution in [2.24, 2.45) is 11.8 Å². The van der Waals surface area contributed by atoms with E-state index in [0.717, 1.165) is 19.6 Å². The summed E-state index contributed by atoms with van der Waals surface area (Å²) in [4.78, 5) is 16.7. The zero-order valence-electron chi connectivity index (χ0n) is 17.4. The molecule has 1 aromatic rings. The van der Waals surface area contributed by atoms with Crippen LogP contribution in [0.5, 0.6) is 0 Å². The van der Waals surface area contributed by atoms with Crippen molar-refractivity contribution in [2.75, 3.05) is 19.7 Å². The molecule has 0 spiro atoms. The van der Waals surface area contributed by atoms with Crippen LogP contribution in [0.3, 0.4) is 0 Å². The van der Waals surface area contributed by atoms with Crippen molar-refractivity contribution in [3.63, 3.8) is 0 Å². The molecule has 0 aliphatic carbocycles. The first-order chi connectivity index (χ1) is 13.2. The van der Waals surface area contributed by atoms with Crippen LogP contribution in [0.2, 0.25) is 0 Å². The Kier molecular flexibility index (Phi) is 5.96. The fourth-order valence-electron chi connectivity index (χ4n) is 4.29. The Morgan fingerprint density at radius 1 is 1.21 bits per heavy atom. The van der Waals surface area contributed by atoms with Gasteiger partial charge in [-0.15, -0.1) is 6.58 Å². The van der Waals surface area contributed by atoms with Gasteiger partial charge in [0.2, 0.25) is 0 Å². The van der Waals surface area contributed by atoms with Gasteiger partial charge in [0, 0.05) is 25.6 Å². The van der Waals surface area contributed by atoms with E-state index in [-0.39, 0.29) is 12.0 Å². The molecule has 5 nitrogen and oxygen atoms in total. The average molecular weight is 385 g/mol. The van der Waals surface area contributed by atoms with Gasteiger partial charge in [-0.2, -0.15) is 0 Å². The van der Waals surface area contributed by atoms with E-state index in [0.29, 0.717) is 12.5 Å². The Morgan fingerprint density at radius 3 is 2.50 bits per heavy atom. The summed E-state index contributed by atoms with van der Waals surface area (Å²) in [7, 11) is 0. The van der Waals surface area contributed by atoms with Crippen LogP contribution >= 0.6 is 0 Å². The van der Waals surface area contributed by atoms with Crippen LogP contribution in [0.15, 0.2) is 55.3 Å². The summed E-state index contributed by atoms with van der Waals surface area (Å²) >= 11 is 0. The number of amides is 1. The van der Waals surface area contributed by atoms with Gasteiger partial charge in [-0.1, -0.05) is 36.4 Å². The molecule has 1 amide bonds. The maximum absolute atomic E-state index is 12.6. The molecule has 2 aliphatic rings. The van der Waals surface area contributed by atoms with E-state index in [1.54, 1.807) is 11.2 Å². The van der Waals surface area contributed by atoms with Gasteiger partial charge in [0.15, 0.2) is 0 Å². The Hall–Kier alpha value is -2.11. The number of carbonyl (C=O) groups is 1. The van der Waals surface area contributed by atoms with Crippen molar-refractivity contribution in [3.05, 3.63) is 60.9 Å². The van der Waals surface area contributed by atoms with E-state index >= 15 is 0 Å². The molecule has 2 aliphatic heterocycles. The third kappa shape index (κ3) is 4.47. The van der Waals surface area contributed by atoms with Crippen LogP contribution in [-0.2, 0) is 16.0 Å². The van der Waals surface area contributed by atoms with Crippen LogP contribution in [0, 0.1) is 11.8 Å². The predicted molar refractivity (Wildman–Crippen MR) is 110 cm³/mol. The van der Waals surface area contributed by atoms with E-state index in [1.165, 1.54) is 5.56 Å². The second kappa shape index (κ2) is 8.10. The fraction of sp³-hybridized carbons (Fsp3) is 0.522. The summed E-state index contributed by atoms with van der Waals surface area (Å²) in [5.74, 6) is 0.631. The molecular formula is C23H32N2O3. The molecule has 0 bridgehead atoms. The van der Waals surface area contributed by atoms with Crippen molar-refractivity contribution in [1.29, 1.82) is 0 Å². The van der Waals surface area contributed by atoms with E-state index in [9.17, 15) is 4.79 Å². The molecule has 2 atom stereocenters. The number of nitrogens with zero attached hydrogens (tertiary/aromatic N) is 2. The van der Waals surface area contributed by atoms with Gasteiger partial charge in [0.25, 0.3) is 0 Å². The Bertz CT molecular complexity index is 711. The van der Waals surface area contributed by atoms with Gasteiger partial charge in [-0.25, -0.2) is 4.79 Å². The quantitative estimate of drug-likeness (QED) is 0.557. The molecule has 3 rings (SSSR count).